The molecule has 2 N–H and O–H groups in total. The van der Waals surface area contributed by atoms with E-state index in [4.69, 9.17) is 5.73 Å². The predicted molar refractivity (Wildman–Crippen MR) is 71.2 cm³/mol. The zero-order valence-electron chi connectivity index (χ0n) is 10.4. The van der Waals surface area contributed by atoms with Crippen molar-refractivity contribution in [2.24, 2.45) is 5.73 Å². The Kier molecular flexibility index (Phi) is 3.54. The molecule has 0 fully saturated rings. The van der Waals surface area contributed by atoms with Crippen molar-refractivity contribution in [3.05, 3.63) is 45.5 Å². The molecule has 1 atom stereocenters. The van der Waals surface area contributed by atoms with Crippen LogP contribution in [0.15, 0.2) is 18.2 Å². The molecule has 1 aromatic carbocycles. The van der Waals surface area contributed by atoms with Gasteiger partial charge in [0.15, 0.2) is 0 Å². The lowest BCUT2D eigenvalue weighted by molar-refractivity contribution is 0.727. The van der Waals surface area contributed by atoms with Gasteiger partial charge in [0, 0.05) is 6.04 Å². The molecule has 3 nitrogen and oxygen atoms in total. The quantitative estimate of drug-likeness (QED) is 0.907. The Morgan fingerprint density at radius 1 is 1.24 bits per heavy atom. The normalized spacial score (nSPS) is 12.7. The fourth-order valence-electron chi connectivity index (χ4n) is 1.85. The van der Waals surface area contributed by atoms with Gasteiger partial charge in [0.25, 0.3) is 0 Å². The fraction of sp³-hybridized carbons (Fsp3) is 0.385. The third-order valence-corrected chi connectivity index (χ3v) is 4.01. The summed E-state index contributed by atoms with van der Waals surface area (Å²) in [4.78, 5) is 1.09. The fourth-order valence-corrected chi connectivity index (χ4v) is 2.50. The van der Waals surface area contributed by atoms with Gasteiger partial charge in [-0.1, -0.05) is 22.7 Å². The van der Waals surface area contributed by atoms with E-state index in [1.807, 2.05) is 6.92 Å². The number of rotatable bonds is 3. The van der Waals surface area contributed by atoms with Gasteiger partial charge in [-0.05, 0) is 55.4 Å². The topological polar surface area (TPSA) is 51.8 Å². The monoisotopic (exact) mass is 247 g/mol. The maximum atomic E-state index is 6.19. The molecule has 0 amide bonds. The number of aryl methyl sites for hydroxylation is 3. The Bertz CT molecular complexity index is 519. The zero-order chi connectivity index (χ0) is 12.4. The second-order valence-electron chi connectivity index (χ2n) is 4.45. The summed E-state index contributed by atoms with van der Waals surface area (Å²) >= 11 is 1.40. The molecule has 0 aliphatic heterocycles. The van der Waals surface area contributed by atoms with Crippen LogP contribution in [-0.4, -0.2) is 9.59 Å². The molecule has 1 unspecified atom stereocenters. The molecule has 2 aromatic rings. The Labute approximate surface area is 106 Å². The number of aromatic nitrogens is 2. The highest BCUT2D eigenvalue weighted by molar-refractivity contribution is 7.05. The molecular weight excluding hydrogens is 230 g/mol. The molecule has 2 rings (SSSR count). The molecule has 0 aliphatic rings. The number of hydrogen-bond acceptors (Lipinski definition) is 4. The van der Waals surface area contributed by atoms with Gasteiger partial charge >= 0.3 is 0 Å². The minimum Gasteiger partial charge on any atom is -0.323 e. The second-order valence-corrected chi connectivity index (χ2v) is 5.24. The van der Waals surface area contributed by atoms with E-state index < -0.39 is 0 Å². The maximum absolute atomic E-state index is 6.19. The van der Waals surface area contributed by atoms with Crippen LogP contribution < -0.4 is 5.73 Å². The molecule has 0 aliphatic carbocycles. The van der Waals surface area contributed by atoms with Crippen LogP contribution in [0.3, 0.4) is 0 Å². The lowest BCUT2D eigenvalue weighted by atomic mass is 10.0. The summed E-state index contributed by atoms with van der Waals surface area (Å²) in [5, 5.41) is 4.00. The van der Waals surface area contributed by atoms with Gasteiger partial charge in [-0.25, -0.2) is 0 Å². The van der Waals surface area contributed by atoms with Crippen molar-refractivity contribution in [3.8, 4) is 0 Å². The standard InChI is InChI=1S/C13H17N3S/c1-8-4-5-11(6-9(8)2)7-12(14)13-10(3)15-16-17-13/h4-6,12H,7,14H2,1-3H3. The molecular formula is C13H17N3S. The second kappa shape index (κ2) is 4.94. The van der Waals surface area contributed by atoms with Crippen molar-refractivity contribution in [2.75, 3.05) is 0 Å². The Morgan fingerprint density at radius 3 is 2.59 bits per heavy atom. The smallest absolute Gasteiger partial charge is 0.0772 e. The van der Waals surface area contributed by atoms with E-state index in [1.54, 1.807) is 0 Å². The van der Waals surface area contributed by atoms with Crippen LogP contribution in [0.1, 0.15) is 33.3 Å². The number of benzene rings is 1. The van der Waals surface area contributed by atoms with Crippen LogP contribution in [0.5, 0.6) is 0 Å². The summed E-state index contributed by atoms with van der Waals surface area (Å²) in [5.41, 5.74) is 11.0. The van der Waals surface area contributed by atoms with E-state index in [0.717, 1.165) is 17.0 Å². The van der Waals surface area contributed by atoms with E-state index in [1.165, 1.54) is 28.2 Å². The number of nitrogens with zero attached hydrogens (tertiary/aromatic N) is 2. The van der Waals surface area contributed by atoms with Gasteiger partial charge in [-0.15, -0.1) is 5.10 Å². The van der Waals surface area contributed by atoms with Crippen LogP contribution in [-0.2, 0) is 6.42 Å². The van der Waals surface area contributed by atoms with Crippen molar-refractivity contribution in [1.29, 1.82) is 0 Å². The van der Waals surface area contributed by atoms with E-state index in [9.17, 15) is 0 Å². The summed E-state index contributed by atoms with van der Waals surface area (Å²) in [5.74, 6) is 0. The highest BCUT2D eigenvalue weighted by Gasteiger charge is 2.13. The molecule has 0 saturated carbocycles. The van der Waals surface area contributed by atoms with E-state index in [2.05, 4.69) is 41.6 Å². The molecule has 1 aromatic heterocycles. The van der Waals surface area contributed by atoms with Crippen LogP contribution in [0.25, 0.3) is 0 Å². The van der Waals surface area contributed by atoms with Gasteiger partial charge in [0.1, 0.15) is 0 Å². The van der Waals surface area contributed by atoms with Gasteiger partial charge in [0.05, 0.1) is 10.6 Å². The molecule has 17 heavy (non-hydrogen) atoms. The predicted octanol–water partition coefficient (Wildman–Crippen LogP) is 2.71. The number of nitrogens with two attached hydrogens (primary N) is 1. The van der Waals surface area contributed by atoms with Crippen molar-refractivity contribution in [3.63, 3.8) is 0 Å². The molecule has 4 heteroatoms. The Balaban J connectivity index is 2.16. The lowest BCUT2D eigenvalue weighted by Gasteiger charge is -2.11. The molecule has 0 bridgehead atoms. The largest absolute Gasteiger partial charge is 0.323 e. The molecule has 90 valence electrons. The first-order chi connectivity index (χ1) is 8.08. The molecule has 0 spiro atoms. The van der Waals surface area contributed by atoms with Crippen molar-refractivity contribution >= 4 is 11.5 Å². The first-order valence-electron chi connectivity index (χ1n) is 5.68. The van der Waals surface area contributed by atoms with Gasteiger partial charge in [0.2, 0.25) is 0 Å². The van der Waals surface area contributed by atoms with Crippen molar-refractivity contribution in [2.45, 2.75) is 33.2 Å². The van der Waals surface area contributed by atoms with Crippen LogP contribution in [0.4, 0.5) is 0 Å². The summed E-state index contributed by atoms with van der Waals surface area (Å²) in [7, 11) is 0. The molecule has 0 saturated heterocycles. The highest BCUT2D eigenvalue weighted by Crippen LogP contribution is 2.22. The summed E-state index contributed by atoms with van der Waals surface area (Å²) in [6.45, 7) is 6.21. The van der Waals surface area contributed by atoms with Gasteiger partial charge < -0.3 is 5.73 Å². The lowest BCUT2D eigenvalue weighted by Crippen LogP contribution is -2.13. The van der Waals surface area contributed by atoms with Crippen molar-refractivity contribution < 1.29 is 0 Å². The van der Waals surface area contributed by atoms with Crippen LogP contribution in [0, 0.1) is 20.8 Å². The first kappa shape index (κ1) is 12.2. The number of hydrogen-bond donors (Lipinski definition) is 1. The highest BCUT2D eigenvalue weighted by atomic mass is 32.1. The summed E-state index contributed by atoms with van der Waals surface area (Å²) in [6, 6.07) is 6.50. The summed E-state index contributed by atoms with van der Waals surface area (Å²) < 4.78 is 3.93. The average Bonchev–Trinajstić information content (AvgIpc) is 2.70. The van der Waals surface area contributed by atoms with Crippen LogP contribution in [0.2, 0.25) is 0 Å². The van der Waals surface area contributed by atoms with Crippen molar-refractivity contribution in [1.82, 2.24) is 9.59 Å². The van der Waals surface area contributed by atoms with Gasteiger partial charge in [-0.2, -0.15) is 0 Å². The van der Waals surface area contributed by atoms with Gasteiger partial charge in [-0.3, -0.25) is 0 Å². The first-order valence-corrected chi connectivity index (χ1v) is 6.46. The van der Waals surface area contributed by atoms with E-state index in [0.29, 0.717) is 0 Å². The summed E-state index contributed by atoms with van der Waals surface area (Å²) in [6.07, 6.45) is 0.839. The Hall–Kier alpha value is -1.26. The van der Waals surface area contributed by atoms with E-state index >= 15 is 0 Å². The SMILES string of the molecule is Cc1ccc(CC(N)c2snnc2C)cc1C. The minimum absolute atomic E-state index is 0.00268. The molecule has 1 heterocycles. The minimum atomic E-state index is -0.00268. The van der Waals surface area contributed by atoms with E-state index in [-0.39, 0.29) is 6.04 Å². The van der Waals surface area contributed by atoms with Crippen LogP contribution >= 0.6 is 11.5 Å². The Morgan fingerprint density at radius 2 is 2.00 bits per heavy atom. The average molecular weight is 247 g/mol. The third-order valence-electron chi connectivity index (χ3n) is 3.05. The molecule has 0 radical (unpaired) electrons. The zero-order valence-corrected chi connectivity index (χ0v) is 11.2. The third kappa shape index (κ3) is 2.70. The maximum Gasteiger partial charge on any atom is 0.0772 e.